The Hall–Kier alpha value is -6.01. The lowest BCUT2D eigenvalue weighted by atomic mass is 9.61. The van der Waals surface area contributed by atoms with E-state index in [1.54, 1.807) is 44.6 Å². The Morgan fingerprint density at radius 2 is 1.53 bits per heavy atom. The first-order chi connectivity index (χ1) is 31.5. The van der Waals surface area contributed by atoms with E-state index in [9.17, 15) is 24.0 Å². The Balaban J connectivity index is 0.813. The number of fused-ring (bicyclic) bond motifs is 2. The Labute approximate surface area is 379 Å². The van der Waals surface area contributed by atoms with Gasteiger partial charge in [-0.25, -0.2) is 4.98 Å². The molecule has 1 spiro atoms. The Morgan fingerprint density at radius 3 is 2.15 bits per heavy atom. The second-order valence-corrected chi connectivity index (χ2v) is 18.7. The van der Waals surface area contributed by atoms with Crippen LogP contribution in [0.3, 0.4) is 0 Å². The number of pyridine rings is 2. The third kappa shape index (κ3) is 8.26. The zero-order valence-electron chi connectivity index (χ0n) is 37.7. The van der Waals surface area contributed by atoms with E-state index in [1.165, 1.54) is 16.7 Å². The highest BCUT2D eigenvalue weighted by Crippen LogP contribution is 2.52. The van der Waals surface area contributed by atoms with E-state index in [0.29, 0.717) is 99.7 Å². The molecule has 2 aromatic carbocycles. The number of ether oxygens (including phenoxy) is 3. The highest BCUT2D eigenvalue weighted by molar-refractivity contribution is 6.23. The van der Waals surface area contributed by atoms with Gasteiger partial charge >= 0.3 is 6.18 Å². The first kappa shape index (κ1) is 45.2. The predicted molar refractivity (Wildman–Crippen MR) is 238 cm³/mol. The summed E-state index contributed by atoms with van der Waals surface area (Å²) in [6.45, 7) is 2.05. The summed E-state index contributed by atoms with van der Waals surface area (Å²) in [5, 5.41) is 3.41. The van der Waals surface area contributed by atoms with E-state index in [0.717, 1.165) is 27.0 Å². The molecule has 66 heavy (non-hydrogen) atoms. The van der Waals surface area contributed by atoms with Crippen molar-refractivity contribution in [2.24, 2.45) is 18.4 Å². The number of amides is 4. The fourth-order valence-corrected chi connectivity index (χ4v) is 10.9. The largest absolute Gasteiger partial charge is 0.496 e. The third-order valence-corrected chi connectivity index (χ3v) is 14.5. The number of rotatable bonds is 11. The first-order valence-corrected chi connectivity index (χ1v) is 22.4. The maximum absolute atomic E-state index is 15.0. The normalized spacial score (nSPS) is 21.2. The fourth-order valence-electron chi connectivity index (χ4n) is 10.9. The molecule has 2 unspecified atom stereocenters. The summed E-state index contributed by atoms with van der Waals surface area (Å²) in [5.74, 6) is -0.640. The van der Waals surface area contributed by atoms with Crippen molar-refractivity contribution >= 4 is 40.2 Å². The molecule has 4 aromatic rings. The summed E-state index contributed by atoms with van der Waals surface area (Å²) in [6.07, 6.45) is 2.24. The van der Waals surface area contributed by atoms with Gasteiger partial charge in [0.2, 0.25) is 11.8 Å². The topological polar surface area (TPSA) is 156 Å². The van der Waals surface area contributed by atoms with Crippen molar-refractivity contribution in [3.63, 3.8) is 0 Å². The van der Waals surface area contributed by atoms with Crippen molar-refractivity contribution in [3.8, 4) is 28.4 Å². The molecular formula is C48H54F3N7O8. The highest BCUT2D eigenvalue weighted by atomic mass is 19.4. The maximum atomic E-state index is 15.0. The minimum absolute atomic E-state index is 0.0260. The lowest BCUT2D eigenvalue weighted by Gasteiger charge is -2.53. The van der Waals surface area contributed by atoms with Gasteiger partial charge in [-0.3, -0.25) is 44.0 Å². The molecular weight excluding hydrogens is 860 g/mol. The molecule has 0 radical (unpaired) electrons. The summed E-state index contributed by atoms with van der Waals surface area (Å²) in [7, 11) is 8.62. The van der Waals surface area contributed by atoms with Gasteiger partial charge in [-0.1, -0.05) is 0 Å². The Morgan fingerprint density at radius 1 is 0.864 bits per heavy atom. The van der Waals surface area contributed by atoms with E-state index >= 15 is 13.2 Å². The Kier molecular flexibility index (Phi) is 11.9. The van der Waals surface area contributed by atoms with Crippen molar-refractivity contribution in [2.75, 3.05) is 59.4 Å². The van der Waals surface area contributed by atoms with Gasteiger partial charge in [0.15, 0.2) is 0 Å². The summed E-state index contributed by atoms with van der Waals surface area (Å²) in [5.41, 5.74) is 2.37. The van der Waals surface area contributed by atoms with E-state index < -0.39 is 47.8 Å². The van der Waals surface area contributed by atoms with Gasteiger partial charge in [0, 0.05) is 57.5 Å². The standard InChI is InChI=1S/C48H54F3N7O8/c1-54(2)40-21-32-34(24-52-40)44(61)55(3)25-35(32)28-18-38(64-4)36(39(19-28)65-5)26-56-14-10-27(11-15-56)42(48(49,50)51)57-16-12-47(13-17-57)22-30(23-47)66-29-6-7-31-33(20-29)46(63)58(45(31)62)37-8-9-41(59)53-43(37)60/h6-7,18-21,24-25,27,30,37,42H,8-17,22-23,26H2,1-5H3,(H,53,59,60). The van der Waals surface area contributed by atoms with Gasteiger partial charge in [0.25, 0.3) is 17.4 Å². The monoisotopic (exact) mass is 913 g/mol. The minimum atomic E-state index is -4.39. The summed E-state index contributed by atoms with van der Waals surface area (Å²) in [4.78, 5) is 74.6. The summed E-state index contributed by atoms with van der Waals surface area (Å²) in [6, 6.07) is 7.74. The molecule has 5 aliphatic rings. The number of piperidine rings is 3. The number of anilines is 1. The molecule has 1 saturated carbocycles. The third-order valence-electron chi connectivity index (χ3n) is 14.5. The first-order valence-electron chi connectivity index (χ1n) is 22.4. The van der Waals surface area contributed by atoms with Gasteiger partial charge in [-0.15, -0.1) is 0 Å². The van der Waals surface area contributed by atoms with E-state index in [2.05, 4.69) is 15.2 Å². The van der Waals surface area contributed by atoms with Gasteiger partial charge < -0.3 is 23.7 Å². The molecule has 1 N–H and O–H groups in total. The summed E-state index contributed by atoms with van der Waals surface area (Å²) >= 11 is 0. The lowest BCUT2D eigenvalue weighted by Crippen LogP contribution is -2.58. The van der Waals surface area contributed by atoms with E-state index in [1.807, 2.05) is 37.2 Å². The molecule has 3 saturated heterocycles. The van der Waals surface area contributed by atoms with Crippen molar-refractivity contribution in [2.45, 2.75) is 82.3 Å². The zero-order valence-corrected chi connectivity index (χ0v) is 37.7. The molecule has 2 atom stereocenters. The number of nitrogens with zero attached hydrogens (tertiary/aromatic N) is 6. The van der Waals surface area contributed by atoms with Crippen LogP contribution in [0.2, 0.25) is 0 Å². The fraction of sp³-hybridized carbons (Fsp3) is 0.500. The van der Waals surface area contributed by atoms with Crippen LogP contribution in [-0.4, -0.2) is 127 Å². The van der Waals surface area contributed by atoms with E-state index in [-0.39, 0.29) is 41.0 Å². The van der Waals surface area contributed by atoms with Gasteiger partial charge in [0.05, 0.1) is 42.4 Å². The van der Waals surface area contributed by atoms with Crippen molar-refractivity contribution in [1.82, 2.24) is 29.6 Å². The van der Waals surface area contributed by atoms with Crippen molar-refractivity contribution in [1.29, 1.82) is 0 Å². The van der Waals surface area contributed by atoms with Crippen LogP contribution in [0.15, 0.2) is 53.6 Å². The lowest BCUT2D eigenvalue weighted by molar-refractivity contribution is -0.210. The van der Waals surface area contributed by atoms with Crippen molar-refractivity contribution in [3.05, 3.63) is 75.8 Å². The molecule has 2 aromatic heterocycles. The molecule has 6 heterocycles. The van der Waals surface area contributed by atoms with Gasteiger partial charge in [-0.05, 0) is 124 Å². The van der Waals surface area contributed by atoms with Crippen LogP contribution in [0.25, 0.3) is 21.9 Å². The number of carbonyl (C=O) groups is 4. The minimum Gasteiger partial charge on any atom is -0.496 e. The van der Waals surface area contributed by atoms with E-state index in [4.69, 9.17) is 14.2 Å². The number of imide groups is 2. The second kappa shape index (κ2) is 17.3. The predicted octanol–water partition coefficient (Wildman–Crippen LogP) is 5.55. The maximum Gasteiger partial charge on any atom is 0.404 e. The quantitative estimate of drug-likeness (QED) is 0.188. The van der Waals surface area contributed by atoms with Crippen molar-refractivity contribution < 1.29 is 46.6 Å². The van der Waals surface area contributed by atoms with Crippen LogP contribution < -0.4 is 30.0 Å². The number of likely N-dealkylation sites (tertiary alicyclic amines) is 2. The number of halogens is 3. The van der Waals surface area contributed by atoms with Crippen LogP contribution in [0.5, 0.6) is 17.2 Å². The average molecular weight is 914 g/mol. The molecule has 0 bridgehead atoms. The molecule has 18 heteroatoms. The number of hydrogen-bond acceptors (Lipinski definition) is 12. The number of methoxy groups -OCH3 is 2. The number of benzene rings is 2. The average Bonchev–Trinajstić information content (AvgIpc) is 3.52. The Bertz CT molecular complexity index is 2640. The van der Waals surface area contributed by atoms with Crippen LogP contribution in [0.4, 0.5) is 19.0 Å². The molecule has 350 valence electrons. The number of aryl methyl sites for hydroxylation is 1. The van der Waals surface area contributed by atoms with Gasteiger partial charge in [0.1, 0.15) is 35.2 Å². The SMILES string of the molecule is COc1cc(-c2cn(C)c(=O)c3cnc(N(C)C)cc23)cc(OC)c1CN1CCC(C(N2CCC3(CC2)CC(Oc2ccc4c(c2)C(=O)N(C2CCC(=O)NC2=O)C4=O)C3)C(F)(F)F)CC1. The van der Waals surface area contributed by atoms with Crippen LogP contribution in [0, 0.1) is 11.3 Å². The van der Waals surface area contributed by atoms with Crippen LogP contribution in [0.1, 0.15) is 77.6 Å². The molecule has 9 rings (SSSR count). The number of carbonyl (C=O) groups excluding carboxylic acids is 4. The number of aromatic nitrogens is 2. The molecule has 4 fully saturated rings. The molecule has 4 aliphatic heterocycles. The summed E-state index contributed by atoms with van der Waals surface area (Å²) < 4.78 is 64.6. The second-order valence-electron chi connectivity index (χ2n) is 18.7. The number of nitrogens with one attached hydrogen (secondary N) is 1. The number of alkyl halides is 3. The molecule has 15 nitrogen and oxygen atoms in total. The smallest absolute Gasteiger partial charge is 0.404 e. The van der Waals surface area contributed by atoms with Crippen LogP contribution >= 0.6 is 0 Å². The number of hydrogen-bond donors (Lipinski definition) is 1. The van der Waals surface area contributed by atoms with Gasteiger partial charge in [-0.2, -0.15) is 13.2 Å². The molecule has 4 amide bonds. The highest BCUT2D eigenvalue weighted by Gasteiger charge is 2.53. The zero-order chi connectivity index (χ0) is 46.8. The molecule has 1 aliphatic carbocycles. The van der Waals surface area contributed by atoms with Crippen LogP contribution in [-0.2, 0) is 23.2 Å².